The minimum absolute atomic E-state index is 0.761. The predicted molar refractivity (Wildman–Crippen MR) is 148 cm³/mol. The molecule has 4 nitrogen and oxygen atoms in total. The largest absolute Gasteiger partial charge is 0.375 e. The number of anilines is 1. The summed E-state index contributed by atoms with van der Waals surface area (Å²) in [5, 5.41) is 0. The zero-order valence-corrected chi connectivity index (χ0v) is 20.3. The van der Waals surface area contributed by atoms with Crippen molar-refractivity contribution in [1.82, 2.24) is 9.55 Å². The molecule has 35 heavy (non-hydrogen) atoms. The summed E-state index contributed by atoms with van der Waals surface area (Å²) in [6.45, 7) is 1.72. The molecule has 0 aliphatic rings. The number of imidazole rings is 1. The molecule has 0 N–H and O–H groups in total. The Morgan fingerprint density at radius 1 is 0.771 bits per heavy atom. The molecule has 0 amide bonds. The Morgan fingerprint density at radius 3 is 2.00 bits per heavy atom. The molecule has 0 atom stereocenters. The van der Waals surface area contributed by atoms with E-state index in [-0.39, 0.29) is 0 Å². The Morgan fingerprint density at radius 2 is 1.34 bits per heavy atom. The minimum Gasteiger partial charge on any atom is -0.375 e. The maximum Gasteiger partial charge on any atom is 0.151 e. The number of fused-ring (bicyclic) bond motifs is 1. The SMILES string of the molecule is CN(CCCN=Cc1nc2c(-c3ccccc3)ccc(-c3ccccc3)c2n1C)c1ccccc1. The molecule has 1 heterocycles. The minimum atomic E-state index is 0.761. The van der Waals surface area contributed by atoms with Crippen molar-refractivity contribution in [2.45, 2.75) is 6.42 Å². The molecule has 0 saturated heterocycles. The molecule has 5 aromatic rings. The van der Waals surface area contributed by atoms with Crippen molar-refractivity contribution >= 4 is 22.9 Å². The third-order valence-corrected chi connectivity index (χ3v) is 6.41. The van der Waals surface area contributed by atoms with Gasteiger partial charge in [0.1, 0.15) is 0 Å². The van der Waals surface area contributed by atoms with E-state index in [4.69, 9.17) is 9.98 Å². The van der Waals surface area contributed by atoms with E-state index in [0.29, 0.717) is 0 Å². The number of para-hydroxylation sites is 1. The monoisotopic (exact) mass is 458 g/mol. The van der Waals surface area contributed by atoms with Crippen molar-refractivity contribution in [2.75, 3.05) is 25.0 Å². The fourth-order valence-electron chi connectivity index (χ4n) is 4.51. The molecular weight excluding hydrogens is 428 g/mol. The van der Waals surface area contributed by atoms with Crippen LogP contribution >= 0.6 is 0 Å². The Labute approximate surface area is 207 Å². The standard InChI is InChI=1S/C31H30N4/c1-34(26-17-10-5-11-18-26)22-12-21-32-23-29-33-30-27(24-13-6-3-7-14-24)19-20-28(31(30)35(29)2)25-15-8-4-9-16-25/h3-11,13-20,23H,12,21-22H2,1-2H3. The van der Waals surface area contributed by atoms with Gasteiger partial charge in [0.2, 0.25) is 0 Å². The maximum atomic E-state index is 5.06. The second kappa shape index (κ2) is 10.4. The Balaban J connectivity index is 1.43. The fraction of sp³-hybridized carbons (Fsp3) is 0.161. The van der Waals surface area contributed by atoms with Gasteiger partial charge in [-0.15, -0.1) is 0 Å². The normalized spacial score (nSPS) is 11.4. The number of rotatable bonds is 8. The molecule has 0 spiro atoms. The van der Waals surface area contributed by atoms with Crippen molar-refractivity contribution in [1.29, 1.82) is 0 Å². The van der Waals surface area contributed by atoms with E-state index in [1.807, 2.05) is 18.3 Å². The quantitative estimate of drug-likeness (QED) is 0.188. The van der Waals surface area contributed by atoms with Crippen molar-refractivity contribution in [3.63, 3.8) is 0 Å². The first-order valence-corrected chi connectivity index (χ1v) is 12.1. The van der Waals surface area contributed by atoms with E-state index >= 15 is 0 Å². The van der Waals surface area contributed by atoms with Gasteiger partial charge in [0.15, 0.2) is 5.82 Å². The van der Waals surface area contributed by atoms with Crippen molar-refractivity contribution < 1.29 is 0 Å². The van der Waals surface area contributed by atoms with E-state index in [1.54, 1.807) is 0 Å². The lowest BCUT2D eigenvalue weighted by atomic mass is 9.98. The molecule has 0 unspecified atom stereocenters. The summed E-state index contributed by atoms with van der Waals surface area (Å²) in [6.07, 6.45) is 2.91. The molecule has 0 aliphatic carbocycles. The van der Waals surface area contributed by atoms with Gasteiger partial charge < -0.3 is 9.47 Å². The summed E-state index contributed by atoms with van der Waals surface area (Å²) in [4.78, 5) is 12.1. The molecule has 0 radical (unpaired) electrons. The first-order chi connectivity index (χ1) is 17.2. The third-order valence-electron chi connectivity index (χ3n) is 6.41. The lowest BCUT2D eigenvalue weighted by molar-refractivity contribution is 0.797. The zero-order valence-electron chi connectivity index (χ0n) is 20.3. The highest BCUT2D eigenvalue weighted by atomic mass is 15.1. The van der Waals surface area contributed by atoms with E-state index in [0.717, 1.165) is 41.9 Å². The van der Waals surface area contributed by atoms with Crippen LogP contribution in [0.4, 0.5) is 5.69 Å². The maximum absolute atomic E-state index is 5.06. The Kier molecular flexibility index (Phi) is 6.71. The van der Waals surface area contributed by atoms with E-state index in [1.165, 1.54) is 22.4 Å². The van der Waals surface area contributed by atoms with Crippen LogP contribution in [0.15, 0.2) is 108 Å². The van der Waals surface area contributed by atoms with Crippen LogP contribution in [-0.4, -0.2) is 35.9 Å². The molecule has 0 fully saturated rings. The summed E-state index contributed by atoms with van der Waals surface area (Å²) in [7, 11) is 4.21. The zero-order chi connectivity index (χ0) is 24.0. The van der Waals surface area contributed by atoms with Gasteiger partial charge in [-0.05, 0) is 29.7 Å². The molecule has 4 heteroatoms. The van der Waals surface area contributed by atoms with Gasteiger partial charge in [-0.3, -0.25) is 4.99 Å². The molecular formula is C31H30N4. The van der Waals surface area contributed by atoms with Crippen molar-refractivity contribution in [2.24, 2.45) is 12.0 Å². The van der Waals surface area contributed by atoms with Gasteiger partial charge in [0.05, 0.1) is 17.2 Å². The van der Waals surface area contributed by atoms with Crippen LogP contribution in [0.2, 0.25) is 0 Å². The van der Waals surface area contributed by atoms with Gasteiger partial charge in [-0.1, -0.05) is 91.0 Å². The molecule has 174 valence electrons. The van der Waals surface area contributed by atoms with Crippen LogP contribution in [0.3, 0.4) is 0 Å². The summed E-state index contributed by atoms with van der Waals surface area (Å²) in [6, 6.07) is 35.9. The first kappa shape index (κ1) is 22.6. The van der Waals surface area contributed by atoms with Crippen LogP contribution in [0.25, 0.3) is 33.3 Å². The second-order valence-corrected chi connectivity index (χ2v) is 8.76. The summed E-state index contributed by atoms with van der Waals surface area (Å²) in [5.41, 5.74) is 8.04. The van der Waals surface area contributed by atoms with Crippen LogP contribution in [0.1, 0.15) is 12.2 Å². The third kappa shape index (κ3) is 4.87. The fourth-order valence-corrected chi connectivity index (χ4v) is 4.51. The van der Waals surface area contributed by atoms with E-state index < -0.39 is 0 Å². The number of hydrogen-bond donors (Lipinski definition) is 0. The van der Waals surface area contributed by atoms with Crippen molar-refractivity contribution in [3.05, 3.63) is 109 Å². The number of nitrogens with zero attached hydrogens (tertiary/aromatic N) is 4. The van der Waals surface area contributed by atoms with Crippen LogP contribution in [0.5, 0.6) is 0 Å². The van der Waals surface area contributed by atoms with Gasteiger partial charge in [-0.2, -0.15) is 0 Å². The smallest absolute Gasteiger partial charge is 0.151 e. The topological polar surface area (TPSA) is 33.4 Å². The lowest BCUT2D eigenvalue weighted by Gasteiger charge is -2.18. The van der Waals surface area contributed by atoms with Crippen molar-refractivity contribution in [3.8, 4) is 22.3 Å². The molecule has 5 rings (SSSR count). The van der Waals surface area contributed by atoms with Crippen LogP contribution < -0.4 is 4.90 Å². The molecule has 0 aliphatic heterocycles. The molecule has 1 aromatic heterocycles. The number of benzene rings is 4. The van der Waals surface area contributed by atoms with Crippen LogP contribution in [0, 0.1) is 0 Å². The highest BCUT2D eigenvalue weighted by Crippen LogP contribution is 2.35. The average Bonchev–Trinajstić information content (AvgIpc) is 3.25. The average molecular weight is 459 g/mol. The second-order valence-electron chi connectivity index (χ2n) is 8.76. The highest BCUT2D eigenvalue weighted by molar-refractivity contribution is 6.03. The predicted octanol–water partition coefficient (Wildman–Crippen LogP) is 6.85. The highest BCUT2D eigenvalue weighted by Gasteiger charge is 2.16. The number of aromatic nitrogens is 2. The van der Waals surface area contributed by atoms with Gasteiger partial charge in [-0.25, -0.2) is 4.98 Å². The number of hydrogen-bond acceptors (Lipinski definition) is 3. The molecule has 0 bridgehead atoms. The van der Waals surface area contributed by atoms with Gasteiger partial charge in [0.25, 0.3) is 0 Å². The van der Waals surface area contributed by atoms with Crippen LogP contribution in [-0.2, 0) is 7.05 Å². The lowest BCUT2D eigenvalue weighted by Crippen LogP contribution is -2.18. The summed E-state index contributed by atoms with van der Waals surface area (Å²) in [5.74, 6) is 0.872. The summed E-state index contributed by atoms with van der Waals surface area (Å²) < 4.78 is 2.17. The summed E-state index contributed by atoms with van der Waals surface area (Å²) >= 11 is 0. The number of aryl methyl sites for hydroxylation is 1. The number of aliphatic imine (C=N–C) groups is 1. The van der Waals surface area contributed by atoms with Gasteiger partial charge in [0, 0.05) is 44.0 Å². The first-order valence-electron chi connectivity index (χ1n) is 12.1. The molecule has 4 aromatic carbocycles. The van der Waals surface area contributed by atoms with E-state index in [2.05, 4.69) is 115 Å². The molecule has 0 saturated carbocycles. The van der Waals surface area contributed by atoms with E-state index in [9.17, 15) is 0 Å². The van der Waals surface area contributed by atoms with Gasteiger partial charge >= 0.3 is 0 Å². The Bertz CT molecular complexity index is 1420. The Hall–Kier alpha value is -4.18.